The first-order valence-corrected chi connectivity index (χ1v) is 5.27. The Morgan fingerprint density at radius 2 is 2.33 bits per heavy atom. The van der Waals surface area contributed by atoms with Crippen LogP contribution in [0.2, 0.25) is 0 Å². The number of hydrogen-bond acceptors (Lipinski definition) is 6. The van der Waals surface area contributed by atoms with Gasteiger partial charge in [0.1, 0.15) is 6.07 Å². The SMILES string of the molecule is Cc1nc(C#N)c(N/N=C\c2cn(C)nc2C)o1. The first-order valence-electron chi connectivity index (χ1n) is 5.27. The molecule has 0 atom stereocenters. The van der Waals surface area contributed by atoms with Gasteiger partial charge < -0.3 is 4.42 Å². The fourth-order valence-corrected chi connectivity index (χ4v) is 1.48. The summed E-state index contributed by atoms with van der Waals surface area (Å²) in [5.74, 6) is 0.662. The molecule has 7 nitrogen and oxygen atoms in total. The van der Waals surface area contributed by atoms with Gasteiger partial charge in [-0.25, -0.2) is 10.4 Å². The molecule has 0 spiro atoms. The van der Waals surface area contributed by atoms with Crippen molar-refractivity contribution in [2.45, 2.75) is 13.8 Å². The number of aromatic nitrogens is 3. The van der Waals surface area contributed by atoms with Gasteiger partial charge in [-0.15, -0.1) is 0 Å². The molecule has 0 bridgehead atoms. The number of hydrogen-bond donors (Lipinski definition) is 1. The average Bonchev–Trinajstić information content (AvgIpc) is 2.82. The van der Waals surface area contributed by atoms with Gasteiger partial charge in [0.05, 0.1) is 11.9 Å². The number of oxazole rings is 1. The number of hydrazone groups is 1. The summed E-state index contributed by atoms with van der Waals surface area (Å²) in [5.41, 5.74) is 4.60. The molecule has 0 saturated carbocycles. The maximum absolute atomic E-state index is 8.82. The number of nitriles is 1. The van der Waals surface area contributed by atoms with E-state index in [4.69, 9.17) is 9.68 Å². The Bertz CT molecular complexity index is 630. The van der Waals surface area contributed by atoms with Gasteiger partial charge in [0.2, 0.25) is 5.69 Å². The summed E-state index contributed by atoms with van der Waals surface area (Å²) in [4.78, 5) is 3.90. The lowest BCUT2D eigenvalue weighted by atomic mass is 10.3. The van der Waals surface area contributed by atoms with Crippen LogP contribution in [0.5, 0.6) is 0 Å². The summed E-state index contributed by atoms with van der Waals surface area (Å²) < 4.78 is 6.90. The van der Waals surface area contributed by atoms with Crippen LogP contribution < -0.4 is 5.43 Å². The highest BCUT2D eigenvalue weighted by Gasteiger charge is 2.08. The number of aryl methyl sites for hydroxylation is 3. The minimum atomic E-state index is 0.188. The Morgan fingerprint density at radius 3 is 2.94 bits per heavy atom. The van der Waals surface area contributed by atoms with E-state index in [0.717, 1.165) is 11.3 Å². The second kappa shape index (κ2) is 4.71. The summed E-state index contributed by atoms with van der Waals surface area (Å²) in [7, 11) is 1.84. The Balaban J connectivity index is 2.12. The van der Waals surface area contributed by atoms with Gasteiger partial charge in [0.15, 0.2) is 5.89 Å². The molecule has 2 aromatic heterocycles. The molecule has 0 aliphatic rings. The van der Waals surface area contributed by atoms with Gasteiger partial charge in [0, 0.05) is 25.7 Å². The highest BCUT2D eigenvalue weighted by molar-refractivity contribution is 5.81. The summed E-state index contributed by atoms with van der Waals surface area (Å²) in [6.45, 7) is 3.56. The first kappa shape index (κ1) is 11.9. The van der Waals surface area contributed by atoms with Crippen LogP contribution >= 0.6 is 0 Å². The van der Waals surface area contributed by atoms with Crippen LogP contribution in [-0.4, -0.2) is 21.0 Å². The van der Waals surface area contributed by atoms with Gasteiger partial charge in [-0.3, -0.25) is 4.68 Å². The van der Waals surface area contributed by atoms with Crippen molar-refractivity contribution in [1.82, 2.24) is 14.8 Å². The molecule has 2 aromatic rings. The van der Waals surface area contributed by atoms with Crippen molar-refractivity contribution in [1.29, 1.82) is 5.26 Å². The van der Waals surface area contributed by atoms with Crippen LogP contribution in [0.1, 0.15) is 22.8 Å². The van der Waals surface area contributed by atoms with Crippen molar-refractivity contribution < 1.29 is 4.42 Å². The van der Waals surface area contributed by atoms with Crippen LogP contribution in [0, 0.1) is 25.2 Å². The molecule has 2 rings (SSSR count). The van der Waals surface area contributed by atoms with E-state index in [-0.39, 0.29) is 11.6 Å². The normalized spacial score (nSPS) is 10.8. The maximum atomic E-state index is 8.82. The molecule has 7 heteroatoms. The first-order chi connectivity index (χ1) is 8.60. The third-order valence-corrected chi connectivity index (χ3v) is 2.26. The van der Waals surface area contributed by atoms with E-state index in [0.29, 0.717) is 5.89 Å². The van der Waals surface area contributed by atoms with Crippen molar-refractivity contribution in [3.63, 3.8) is 0 Å². The quantitative estimate of drug-likeness (QED) is 0.649. The zero-order chi connectivity index (χ0) is 13.1. The van der Waals surface area contributed by atoms with E-state index in [1.807, 2.05) is 26.2 Å². The van der Waals surface area contributed by atoms with Crippen molar-refractivity contribution in [3.05, 3.63) is 29.0 Å². The fraction of sp³-hybridized carbons (Fsp3) is 0.273. The highest BCUT2D eigenvalue weighted by Crippen LogP contribution is 2.15. The molecule has 2 heterocycles. The van der Waals surface area contributed by atoms with Crippen molar-refractivity contribution in [2.24, 2.45) is 12.1 Å². The number of nitrogens with zero attached hydrogens (tertiary/aromatic N) is 5. The minimum absolute atomic E-state index is 0.188. The predicted octanol–water partition coefficient (Wildman–Crippen LogP) is 1.34. The third-order valence-electron chi connectivity index (χ3n) is 2.26. The Labute approximate surface area is 104 Å². The largest absolute Gasteiger partial charge is 0.422 e. The zero-order valence-electron chi connectivity index (χ0n) is 10.3. The van der Waals surface area contributed by atoms with E-state index in [1.54, 1.807) is 17.8 Å². The van der Waals surface area contributed by atoms with Gasteiger partial charge in [-0.2, -0.15) is 15.5 Å². The van der Waals surface area contributed by atoms with Crippen LogP contribution in [0.25, 0.3) is 0 Å². The van der Waals surface area contributed by atoms with Crippen molar-refractivity contribution in [2.75, 3.05) is 5.43 Å². The average molecular weight is 244 g/mol. The van der Waals surface area contributed by atoms with Crippen LogP contribution in [0.4, 0.5) is 5.88 Å². The van der Waals surface area contributed by atoms with E-state index < -0.39 is 0 Å². The lowest BCUT2D eigenvalue weighted by Crippen LogP contribution is -1.91. The molecule has 0 aromatic carbocycles. The third kappa shape index (κ3) is 2.38. The summed E-state index contributed by atoms with van der Waals surface area (Å²) in [5, 5.41) is 17.0. The molecular weight excluding hydrogens is 232 g/mol. The van der Waals surface area contributed by atoms with Crippen LogP contribution in [0.3, 0.4) is 0 Å². The summed E-state index contributed by atoms with van der Waals surface area (Å²) in [6, 6.07) is 1.92. The lowest BCUT2D eigenvalue weighted by molar-refractivity contribution is 0.533. The smallest absolute Gasteiger partial charge is 0.252 e. The van der Waals surface area contributed by atoms with E-state index in [9.17, 15) is 0 Å². The Hall–Kier alpha value is -2.62. The molecular formula is C11H12N6O. The van der Waals surface area contributed by atoms with E-state index >= 15 is 0 Å². The molecule has 92 valence electrons. The Kier molecular flexibility index (Phi) is 3.10. The van der Waals surface area contributed by atoms with E-state index in [2.05, 4.69) is 20.6 Å². The topological polar surface area (TPSA) is 92.0 Å². The summed E-state index contributed by atoms with van der Waals surface area (Å²) in [6.07, 6.45) is 3.46. The molecule has 0 saturated heterocycles. The number of nitrogens with one attached hydrogen (secondary N) is 1. The van der Waals surface area contributed by atoms with Gasteiger partial charge in [-0.05, 0) is 6.92 Å². The molecule has 0 amide bonds. The number of anilines is 1. The second-order valence-electron chi connectivity index (χ2n) is 3.74. The van der Waals surface area contributed by atoms with E-state index in [1.165, 1.54) is 0 Å². The zero-order valence-corrected chi connectivity index (χ0v) is 10.3. The highest BCUT2D eigenvalue weighted by atomic mass is 16.4. The Morgan fingerprint density at radius 1 is 1.56 bits per heavy atom. The monoisotopic (exact) mass is 244 g/mol. The molecule has 18 heavy (non-hydrogen) atoms. The van der Waals surface area contributed by atoms with Crippen LogP contribution in [0.15, 0.2) is 15.7 Å². The molecule has 0 radical (unpaired) electrons. The van der Waals surface area contributed by atoms with Crippen molar-refractivity contribution in [3.8, 4) is 6.07 Å². The molecule has 0 fully saturated rings. The summed E-state index contributed by atoms with van der Waals surface area (Å²) >= 11 is 0. The predicted molar refractivity (Wildman–Crippen MR) is 65.1 cm³/mol. The standard InChI is InChI=1S/C11H12N6O/c1-7-9(6-17(3)16-7)5-13-15-11-10(4-12)14-8(2)18-11/h5-6,15H,1-3H3/b13-5-. The molecule has 0 aliphatic carbocycles. The van der Waals surface area contributed by atoms with Crippen LogP contribution in [-0.2, 0) is 7.05 Å². The minimum Gasteiger partial charge on any atom is -0.422 e. The van der Waals surface area contributed by atoms with Gasteiger partial charge >= 0.3 is 0 Å². The molecule has 1 N–H and O–H groups in total. The second-order valence-corrected chi connectivity index (χ2v) is 3.74. The molecule has 0 unspecified atom stereocenters. The molecule has 0 aliphatic heterocycles. The van der Waals surface area contributed by atoms with Gasteiger partial charge in [0.25, 0.3) is 5.88 Å². The number of rotatable bonds is 3. The maximum Gasteiger partial charge on any atom is 0.252 e. The van der Waals surface area contributed by atoms with Gasteiger partial charge in [-0.1, -0.05) is 0 Å². The fourth-order valence-electron chi connectivity index (χ4n) is 1.48. The van der Waals surface area contributed by atoms with Crippen molar-refractivity contribution >= 4 is 12.1 Å². The lowest BCUT2D eigenvalue weighted by Gasteiger charge is -1.93.